The van der Waals surface area contributed by atoms with Crippen molar-refractivity contribution >= 4 is 0 Å². The van der Waals surface area contributed by atoms with E-state index in [1.54, 1.807) is 7.11 Å². The fourth-order valence-corrected chi connectivity index (χ4v) is 2.55. The number of nitrogens with one attached hydrogen (secondary N) is 1. The summed E-state index contributed by atoms with van der Waals surface area (Å²) < 4.78 is 5.42. The van der Waals surface area contributed by atoms with Crippen molar-refractivity contribution in [3.63, 3.8) is 0 Å². The van der Waals surface area contributed by atoms with Crippen LogP contribution in [0.15, 0.2) is 30.3 Å². The summed E-state index contributed by atoms with van der Waals surface area (Å²) >= 11 is 0. The van der Waals surface area contributed by atoms with Crippen LogP contribution in [0.4, 0.5) is 0 Å². The summed E-state index contributed by atoms with van der Waals surface area (Å²) in [7, 11) is 3.67. The van der Waals surface area contributed by atoms with Gasteiger partial charge in [0.15, 0.2) is 0 Å². The Kier molecular flexibility index (Phi) is 4.46. The Balaban J connectivity index is 2.53. The van der Waals surface area contributed by atoms with Crippen molar-refractivity contribution in [3.05, 3.63) is 52.6 Å². The maximum Gasteiger partial charge on any atom is 0.123 e. The average molecular weight is 269 g/mol. The summed E-state index contributed by atoms with van der Waals surface area (Å²) in [6, 6.07) is 10.9. The second kappa shape index (κ2) is 6.10. The minimum atomic E-state index is 0.806. The van der Waals surface area contributed by atoms with E-state index in [1.807, 2.05) is 7.05 Å². The van der Waals surface area contributed by atoms with Crippen molar-refractivity contribution in [2.75, 3.05) is 14.2 Å². The molecule has 2 heteroatoms. The van der Waals surface area contributed by atoms with Gasteiger partial charge in [0, 0.05) is 12.1 Å². The van der Waals surface area contributed by atoms with Crippen molar-refractivity contribution in [3.8, 4) is 16.9 Å². The van der Waals surface area contributed by atoms with Crippen molar-refractivity contribution in [1.82, 2.24) is 5.32 Å². The lowest BCUT2D eigenvalue weighted by Gasteiger charge is -2.14. The van der Waals surface area contributed by atoms with Crippen LogP contribution in [0.3, 0.4) is 0 Å². The molecule has 0 fully saturated rings. The highest BCUT2D eigenvalue weighted by Gasteiger charge is 2.08. The standard InChI is InChI=1S/C18H23NO/c1-12-8-14(3)17(9-13(12)2)15-6-7-18(20-5)16(10-15)11-19-4/h6-10,19H,11H2,1-5H3. The molecule has 0 saturated heterocycles. The number of methoxy groups -OCH3 is 1. The van der Waals surface area contributed by atoms with E-state index in [-0.39, 0.29) is 0 Å². The molecule has 0 aliphatic heterocycles. The predicted octanol–water partition coefficient (Wildman–Crippen LogP) is 4.01. The second-order valence-corrected chi connectivity index (χ2v) is 5.31. The van der Waals surface area contributed by atoms with Gasteiger partial charge in [0.1, 0.15) is 5.75 Å². The molecule has 20 heavy (non-hydrogen) atoms. The third kappa shape index (κ3) is 2.86. The van der Waals surface area contributed by atoms with Gasteiger partial charge in [-0.25, -0.2) is 0 Å². The van der Waals surface area contributed by atoms with Gasteiger partial charge in [-0.3, -0.25) is 0 Å². The molecule has 2 nitrogen and oxygen atoms in total. The number of hydrogen-bond donors (Lipinski definition) is 1. The van der Waals surface area contributed by atoms with Crippen LogP contribution >= 0.6 is 0 Å². The van der Waals surface area contributed by atoms with Crippen LogP contribution in [0.5, 0.6) is 5.75 Å². The van der Waals surface area contributed by atoms with Gasteiger partial charge in [0.2, 0.25) is 0 Å². The summed E-state index contributed by atoms with van der Waals surface area (Å²) in [5.74, 6) is 0.935. The van der Waals surface area contributed by atoms with Gasteiger partial charge in [-0.05, 0) is 67.8 Å². The Morgan fingerprint density at radius 2 is 1.65 bits per heavy atom. The zero-order chi connectivity index (χ0) is 14.7. The van der Waals surface area contributed by atoms with Gasteiger partial charge >= 0.3 is 0 Å². The van der Waals surface area contributed by atoms with Crippen LogP contribution < -0.4 is 10.1 Å². The van der Waals surface area contributed by atoms with E-state index in [0.29, 0.717) is 0 Å². The Morgan fingerprint density at radius 3 is 2.30 bits per heavy atom. The number of ether oxygens (including phenoxy) is 1. The fraction of sp³-hybridized carbons (Fsp3) is 0.333. The Morgan fingerprint density at radius 1 is 0.950 bits per heavy atom. The van der Waals surface area contributed by atoms with E-state index < -0.39 is 0 Å². The lowest BCUT2D eigenvalue weighted by atomic mass is 9.94. The molecule has 0 heterocycles. The maximum absolute atomic E-state index is 5.42. The second-order valence-electron chi connectivity index (χ2n) is 5.31. The fourth-order valence-electron chi connectivity index (χ4n) is 2.55. The minimum Gasteiger partial charge on any atom is -0.496 e. The molecule has 2 aromatic carbocycles. The van der Waals surface area contributed by atoms with Crippen LogP contribution in [0.25, 0.3) is 11.1 Å². The SMILES string of the molecule is CNCc1cc(-c2cc(C)c(C)cc2C)ccc1OC. The molecule has 0 saturated carbocycles. The molecule has 106 valence electrons. The summed E-state index contributed by atoms with van der Waals surface area (Å²) in [6.45, 7) is 7.30. The molecule has 0 aliphatic carbocycles. The smallest absolute Gasteiger partial charge is 0.123 e. The van der Waals surface area contributed by atoms with Gasteiger partial charge in [-0.15, -0.1) is 0 Å². The average Bonchev–Trinajstić information content (AvgIpc) is 2.43. The predicted molar refractivity (Wildman–Crippen MR) is 85.4 cm³/mol. The van der Waals surface area contributed by atoms with Crippen LogP contribution in [-0.2, 0) is 6.54 Å². The van der Waals surface area contributed by atoms with E-state index in [2.05, 4.69) is 56.4 Å². The third-order valence-electron chi connectivity index (χ3n) is 3.80. The first-order chi connectivity index (χ1) is 9.56. The molecule has 0 aromatic heterocycles. The van der Waals surface area contributed by atoms with Crippen molar-refractivity contribution in [2.24, 2.45) is 0 Å². The lowest BCUT2D eigenvalue weighted by Crippen LogP contribution is -2.06. The first kappa shape index (κ1) is 14.6. The van der Waals surface area contributed by atoms with E-state index in [4.69, 9.17) is 4.74 Å². The molecular weight excluding hydrogens is 246 g/mol. The number of aryl methyl sites for hydroxylation is 3. The third-order valence-corrected chi connectivity index (χ3v) is 3.80. The molecule has 0 bridgehead atoms. The molecule has 2 rings (SSSR count). The quantitative estimate of drug-likeness (QED) is 0.905. The largest absolute Gasteiger partial charge is 0.496 e. The Labute approximate surface area is 121 Å². The van der Waals surface area contributed by atoms with Crippen molar-refractivity contribution in [1.29, 1.82) is 0 Å². The monoisotopic (exact) mass is 269 g/mol. The zero-order valence-corrected chi connectivity index (χ0v) is 13.0. The normalized spacial score (nSPS) is 10.7. The number of hydrogen-bond acceptors (Lipinski definition) is 2. The first-order valence-corrected chi connectivity index (χ1v) is 6.96. The number of benzene rings is 2. The molecule has 2 aromatic rings. The molecule has 0 aliphatic rings. The molecule has 0 amide bonds. The summed E-state index contributed by atoms with van der Waals surface area (Å²) in [5.41, 5.74) is 7.72. The molecule has 0 radical (unpaired) electrons. The van der Waals surface area contributed by atoms with Gasteiger partial charge in [-0.2, -0.15) is 0 Å². The van der Waals surface area contributed by atoms with E-state index in [9.17, 15) is 0 Å². The summed E-state index contributed by atoms with van der Waals surface area (Å²) in [5, 5.41) is 3.19. The van der Waals surface area contributed by atoms with Crippen molar-refractivity contribution < 1.29 is 4.74 Å². The van der Waals surface area contributed by atoms with Crippen molar-refractivity contribution in [2.45, 2.75) is 27.3 Å². The van der Waals surface area contributed by atoms with E-state index in [0.717, 1.165) is 12.3 Å². The minimum absolute atomic E-state index is 0.806. The maximum atomic E-state index is 5.42. The molecular formula is C18H23NO. The topological polar surface area (TPSA) is 21.3 Å². The lowest BCUT2D eigenvalue weighted by molar-refractivity contribution is 0.408. The van der Waals surface area contributed by atoms with E-state index >= 15 is 0 Å². The first-order valence-electron chi connectivity index (χ1n) is 6.96. The van der Waals surface area contributed by atoms with Gasteiger partial charge in [-0.1, -0.05) is 18.2 Å². The van der Waals surface area contributed by atoms with E-state index in [1.165, 1.54) is 33.4 Å². The van der Waals surface area contributed by atoms with Gasteiger partial charge in [0.25, 0.3) is 0 Å². The van der Waals surface area contributed by atoms with Crippen LogP contribution in [0.1, 0.15) is 22.3 Å². The Bertz CT molecular complexity index is 617. The van der Waals surface area contributed by atoms with Crippen LogP contribution in [-0.4, -0.2) is 14.2 Å². The number of rotatable bonds is 4. The molecule has 0 atom stereocenters. The van der Waals surface area contributed by atoms with Gasteiger partial charge in [0.05, 0.1) is 7.11 Å². The summed E-state index contributed by atoms with van der Waals surface area (Å²) in [6.07, 6.45) is 0. The highest BCUT2D eigenvalue weighted by molar-refractivity contribution is 5.70. The molecule has 1 N–H and O–H groups in total. The summed E-state index contributed by atoms with van der Waals surface area (Å²) in [4.78, 5) is 0. The highest BCUT2D eigenvalue weighted by atomic mass is 16.5. The highest BCUT2D eigenvalue weighted by Crippen LogP contribution is 2.30. The zero-order valence-electron chi connectivity index (χ0n) is 13.0. The van der Waals surface area contributed by atoms with Gasteiger partial charge < -0.3 is 10.1 Å². The molecule has 0 spiro atoms. The van der Waals surface area contributed by atoms with Crippen LogP contribution in [0.2, 0.25) is 0 Å². The molecule has 0 unspecified atom stereocenters. The van der Waals surface area contributed by atoms with Crippen LogP contribution in [0, 0.1) is 20.8 Å². The Hall–Kier alpha value is -1.80.